The first-order chi connectivity index (χ1) is 11.7. The lowest BCUT2D eigenvalue weighted by molar-refractivity contribution is -0.133. The van der Waals surface area contributed by atoms with Gasteiger partial charge in [-0.2, -0.15) is 0 Å². The van der Waals surface area contributed by atoms with Crippen molar-refractivity contribution in [2.75, 3.05) is 45.8 Å². The van der Waals surface area contributed by atoms with Crippen molar-refractivity contribution in [2.24, 2.45) is 0 Å². The quantitative estimate of drug-likeness (QED) is 0.730. The van der Waals surface area contributed by atoms with Gasteiger partial charge in [-0.25, -0.2) is 0 Å². The maximum atomic E-state index is 12.4. The Kier molecular flexibility index (Phi) is 7.31. The maximum Gasteiger partial charge on any atom is 0.289 e. The number of carbonyl (C=O) groups excluding carboxylic acids is 2. The fourth-order valence-corrected chi connectivity index (χ4v) is 3.09. The van der Waals surface area contributed by atoms with Crippen LogP contribution < -0.4 is 0 Å². The summed E-state index contributed by atoms with van der Waals surface area (Å²) >= 11 is 0. The lowest BCUT2D eigenvalue weighted by Crippen LogP contribution is -2.51. The van der Waals surface area contributed by atoms with Gasteiger partial charge in [-0.05, 0) is 38.1 Å². The van der Waals surface area contributed by atoms with Gasteiger partial charge in [0.1, 0.15) is 0 Å². The summed E-state index contributed by atoms with van der Waals surface area (Å²) in [7, 11) is 0. The highest BCUT2D eigenvalue weighted by atomic mass is 16.3. The van der Waals surface area contributed by atoms with Gasteiger partial charge in [0, 0.05) is 39.1 Å². The fourth-order valence-electron chi connectivity index (χ4n) is 3.09. The lowest BCUT2D eigenvalue weighted by Gasteiger charge is -2.34. The monoisotopic (exact) mass is 335 g/mol. The molecule has 0 radical (unpaired) electrons. The van der Waals surface area contributed by atoms with Crippen LogP contribution >= 0.6 is 0 Å². The third-order valence-corrected chi connectivity index (χ3v) is 4.37. The summed E-state index contributed by atoms with van der Waals surface area (Å²) in [6.45, 7) is 9.60. The van der Waals surface area contributed by atoms with Crippen LogP contribution in [0.5, 0.6) is 0 Å². The Hall–Kier alpha value is -1.82. The van der Waals surface area contributed by atoms with Crippen LogP contribution in [0.15, 0.2) is 22.8 Å². The predicted octanol–water partition coefficient (Wildman–Crippen LogP) is 2.08. The largest absolute Gasteiger partial charge is 0.459 e. The number of amides is 2. The molecule has 2 amide bonds. The average molecular weight is 335 g/mol. The van der Waals surface area contributed by atoms with Gasteiger partial charge in [0.25, 0.3) is 5.91 Å². The standard InChI is InChI=1S/C18H29N3O3/c1-3-8-19(9-4-2)10-7-17(22)20-11-13-21(14-12-20)18(23)16-6-5-15-24-16/h5-6,15H,3-4,7-14H2,1-2H3. The number of piperazine rings is 1. The molecular weight excluding hydrogens is 306 g/mol. The molecule has 0 aromatic carbocycles. The van der Waals surface area contributed by atoms with E-state index in [1.807, 2.05) is 4.90 Å². The number of hydrogen-bond acceptors (Lipinski definition) is 4. The first-order valence-electron chi connectivity index (χ1n) is 8.98. The molecule has 0 unspecified atom stereocenters. The van der Waals surface area contributed by atoms with Gasteiger partial charge in [0.05, 0.1) is 6.26 Å². The molecule has 1 saturated heterocycles. The lowest BCUT2D eigenvalue weighted by atomic mass is 10.2. The highest BCUT2D eigenvalue weighted by Gasteiger charge is 2.25. The van der Waals surface area contributed by atoms with Crippen LogP contribution in [-0.2, 0) is 4.79 Å². The molecule has 0 aliphatic carbocycles. The van der Waals surface area contributed by atoms with E-state index in [1.54, 1.807) is 17.0 Å². The van der Waals surface area contributed by atoms with E-state index < -0.39 is 0 Å². The average Bonchev–Trinajstić information content (AvgIpc) is 3.14. The second-order valence-corrected chi connectivity index (χ2v) is 6.24. The van der Waals surface area contributed by atoms with E-state index in [1.165, 1.54) is 6.26 Å². The van der Waals surface area contributed by atoms with Gasteiger partial charge in [-0.3, -0.25) is 9.59 Å². The molecule has 134 valence electrons. The summed E-state index contributed by atoms with van der Waals surface area (Å²) in [6.07, 6.45) is 4.29. The van der Waals surface area contributed by atoms with Crippen molar-refractivity contribution >= 4 is 11.8 Å². The molecule has 0 spiro atoms. The van der Waals surface area contributed by atoms with Crippen LogP contribution in [0.25, 0.3) is 0 Å². The molecule has 0 N–H and O–H groups in total. The second-order valence-electron chi connectivity index (χ2n) is 6.24. The predicted molar refractivity (Wildman–Crippen MR) is 92.8 cm³/mol. The zero-order chi connectivity index (χ0) is 17.4. The van der Waals surface area contributed by atoms with E-state index in [0.29, 0.717) is 38.4 Å². The van der Waals surface area contributed by atoms with Gasteiger partial charge in [0.15, 0.2) is 5.76 Å². The number of rotatable bonds is 8. The Labute approximate surface area is 144 Å². The SMILES string of the molecule is CCCN(CCC)CCC(=O)N1CCN(C(=O)c2ccco2)CC1. The van der Waals surface area contributed by atoms with Gasteiger partial charge in [-0.15, -0.1) is 0 Å². The zero-order valence-electron chi connectivity index (χ0n) is 14.9. The minimum atomic E-state index is -0.0934. The van der Waals surface area contributed by atoms with Crippen LogP contribution in [0.2, 0.25) is 0 Å². The van der Waals surface area contributed by atoms with Crippen molar-refractivity contribution in [2.45, 2.75) is 33.1 Å². The van der Waals surface area contributed by atoms with Crippen LogP contribution in [0.1, 0.15) is 43.7 Å². The fraction of sp³-hybridized carbons (Fsp3) is 0.667. The molecule has 1 aromatic rings. The van der Waals surface area contributed by atoms with Crippen molar-refractivity contribution in [3.8, 4) is 0 Å². The molecule has 2 rings (SSSR count). The molecule has 1 aromatic heterocycles. The number of hydrogen-bond donors (Lipinski definition) is 0. The van der Waals surface area contributed by atoms with Crippen LogP contribution in [0, 0.1) is 0 Å². The van der Waals surface area contributed by atoms with Crippen LogP contribution in [0.3, 0.4) is 0 Å². The molecule has 1 aliphatic rings. The highest BCUT2D eigenvalue weighted by Crippen LogP contribution is 2.10. The molecular formula is C18H29N3O3. The first-order valence-corrected chi connectivity index (χ1v) is 8.98. The summed E-state index contributed by atoms with van der Waals surface area (Å²) in [4.78, 5) is 30.6. The van der Waals surface area contributed by atoms with Crippen molar-refractivity contribution in [1.82, 2.24) is 14.7 Å². The van der Waals surface area contributed by atoms with Gasteiger partial charge in [-0.1, -0.05) is 13.8 Å². The maximum absolute atomic E-state index is 12.4. The Morgan fingerprint density at radius 2 is 1.67 bits per heavy atom. The van der Waals surface area contributed by atoms with Crippen LogP contribution in [-0.4, -0.2) is 72.3 Å². The molecule has 1 fully saturated rings. The van der Waals surface area contributed by atoms with Gasteiger partial charge >= 0.3 is 0 Å². The topological polar surface area (TPSA) is 57.0 Å². The molecule has 0 atom stereocenters. The van der Waals surface area contributed by atoms with E-state index in [0.717, 1.165) is 32.5 Å². The second kappa shape index (κ2) is 9.47. The Morgan fingerprint density at radius 3 is 2.21 bits per heavy atom. The van der Waals surface area contributed by atoms with Crippen molar-refractivity contribution in [1.29, 1.82) is 0 Å². The van der Waals surface area contributed by atoms with Crippen LogP contribution in [0.4, 0.5) is 0 Å². The van der Waals surface area contributed by atoms with Crippen molar-refractivity contribution < 1.29 is 14.0 Å². The summed E-state index contributed by atoms with van der Waals surface area (Å²) in [6, 6.07) is 3.39. The minimum Gasteiger partial charge on any atom is -0.459 e. The molecule has 0 bridgehead atoms. The Morgan fingerprint density at radius 1 is 1.04 bits per heavy atom. The first kappa shape index (κ1) is 18.5. The summed E-state index contributed by atoms with van der Waals surface area (Å²) in [5, 5.41) is 0. The molecule has 0 saturated carbocycles. The summed E-state index contributed by atoms with van der Waals surface area (Å²) < 4.78 is 5.16. The van der Waals surface area contributed by atoms with Gasteiger partial charge < -0.3 is 19.1 Å². The van der Waals surface area contributed by atoms with Crippen molar-refractivity contribution in [3.63, 3.8) is 0 Å². The summed E-state index contributed by atoms with van der Waals surface area (Å²) in [5.41, 5.74) is 0. The minimum absolute atomic E-state index is 0.0934. The molecule has 6 nitrogen and oxygen atoms in total. The van der Waals surface area contributed by atoms with E-state index >= 15 is 0 Å². The van der Waals surface area contributed by atoms with E-state index in [9.17, 15) is 9.59 Å². The van der Waals surface area contributed by atoms with Gasteiger partial charge in [0.2, 0.25) is 5.91 Å². The highest BCUT2D eigenvalue weighted by molar-refractivity contribution is 5.91. The number of furan rings is 1. The zero-order valence-corrected chi connectivity index (χ0v) is 14.9. The molecule has 24 heavy (non-hydrogen) atoms. The summed E-state index contributed by atoms with van der Waals surface area (Å²) in [5.74, 6) is 0.464. The third kappa shape index (κ3) is 5.09. The molecule has 1 aliphatic heterocycles. The molecule has 2 heterocycles. The number of carbonyl (C=O) groups is 2. The van der Waals surface area contributed by atoms with Crippen molar-refractivity contribution in [3.05, 3.63) is 24.2 Å². The van der Waals surface area contributed by atoms with E-state index in [4.69, 9.17) is 4.42 Å². The van der Waals surface area contributed by atoms with E-state index in [2.05, 4.69) is 18.7 Å². The Bertz CT molecular complexity index is 502. The smallest absolute Gasteiger partial charge is 0.289 e. The normalized spacial score (nSPS) is 15.1. The number of nitrogens with zero attached hydrogens (tertiary/aromatic N) is 3. The Balaban J connectivity index is 1.75. The molecule has 6 heteroatoms. The van der Waals surface area contributed by atoms with E-state index in [-0.39, 0.29) is 11.8 Å². The third-order valence-electron chi connectivity index (χ3n) is 4.37.